The number of epoxide rings is 1. The molecule has 2 aliphatic rings. The van der Waals surface area contributed by atoms with Gasteiger partial charge >= 0.3 is 0 Å². The van der Waals surface area contributed by atoms with Crippen LogP contribution in [0.2, 0.25) is 0 Å². The molecule has 0 amide bonds. The van der Waals surface area contributed by atoms with Crippen LogP contribution >= 0.6 is 0 Å². The summed E-state index contributed by atoms with van der Waals surface area (Å²) in [5.74, 6) is 0.262. The first-order valence-electron chi connectivity index (χ1n) is 16.2. The third-order valence-corrected chi connectivity index (χ3v) is 9.39. The highest BCUT2D eigenvalue weighted by Gasteiger charge is 2.35. The topological polar surface area (TPSA) is 21.8 Å². The lowest BCUT2D eigenvalue weighted by Crippen LogP contribution is -2.25. The second kappa shape index (κ2) is 13.2. The highest BCUT2D eigenvalue weighted by atomic mass is 16.6. The molecule has 0 radical (unpaired) electrons. The lowest BCUT2D eigenvalue weighted by atomic mass is 9.69. The molecule has 0 aromatic heterocycles. The van der Waals surface area contributed by atoms with E-state index < -0.39 is 0 Å². The number of aryl methyl sites for hydroxylation is 1. The molecule has 224 valence electrons. The number of benzene rings is 5. The number of allylic oxidation sites excluding steroid dienone is 4. The van der Waals surface area contributed by atoms with Crippen molar-refractivity contribution in [2.75, 3.05) is 19.8 Å². The van der Waals surface area contributed by atoms with E-state index in [0.29, 0.717) is 12.7 Å². The highest BCUT2D eigenvalue weighted by molar-refractivity contribution is 5.71. The molecule has 0 N–H and O–H groups in total. The van der Waals surface area contributed by atoms with E-state index in [2.05, 4.69) is 159 Å². The molecular formula is C43H40O2. The van der Waals surface area contributed by atoms with Gasteiger partial charge in [0.25, 0.3) is 0 Å². The van der Waals surface area contributed by atoms with E-state index in [1.165, 1.54) is 50.1 Å². The lowest BCUT2D eigenvalue weighted by Gasteiger charge is -2.33. The normalized spacial score (nSPS) is 18.4. The smallest absolute Gasteiger partial charge is 0.104 e. The molecule has 2 nitrogen and oxygen atoms in total. The number of hydrogen-bond acceptors (Lipinski definition) is 2. The predicted molar refractivity (Wildman–Crippen MR) is 185 cm³/mol. The summed E-state index contributed by atoms with van der Waals surface area (Å²) in [6, 6.07) is 48.6. The largest absolute Gasteiger partial charge is 0.379 e. The van der Waals surface area contributed by atoms with Gasteiger partial charge in [-0.1, -0.05) is 146 Å². The summed E-state index contributed by atoms with van der Waals surface area (Å²) in [6.45, 7) is 4.69. The number of ether oxygens (including phenoxy) is 2. The van der Waals surface area contributed by atoms with Crippen molar-refractivity contribution in [1.29, 1.82) is 0 Å². The van der Waals surface area contributed by atoms with Gasteiger partial charge < -0.3 is 9.47 Å². The summed E-state index contributed by atoms with van der Waals surface area (Å²) in [4.78, 5) is 0. The average molecular weight is 589 g/mol. The summed E-state index contributed by atoms with van der Waals surface area (Å²) in [7, 11) is 0. The minimum Gasteiger partial charge on any atom is -0.379 e. The van der Waals surface area contributed by atoms with Gasteiger partial charge in [-0.15, -0.1) is 0 Å². The van der Waals surface area contributed by atoms with Crippen molar-refractivity contribution in [2.24, 2.45) is 0 Å². The third-order valence-electron chi connectivity index (χ3n) is 9.39. The molecule has 1 heterocycles. The molecule has 45 heavy (non-hydrogen) atoms. The summed E-state index contributed by atoms with van der Waals surface area (Å²) in [5, 5.41) is 0. The molecule has 0 saturated carbocycles. The van der Waals surface area contributed by atoms with Gasteiger partial charge in [0.15, 0.2) is 0 Å². The number of rotatable bonds is 12. The van der Waals surface area contributed by atoms with Crippen LogP contribution in [0.3, 0.4) is 0 Å². The van der Waals surface area contributed by atoms with Gasteiger partial charge in [-0.05, 0) is 75.9 Å². The Hall–Kier alpha value is -4.50. The fraction of sp³-hybridized carbons (Fsp3) is 0.209. The zero-order valence-corrected chi connectivity index (χ0v) is 25.9. The SMILES string of the molecule is CC(C1=CC(c2ccccc2)C=C1)(c1ccc(-c2ccccc2)cc1)c1ccc(CCCOCC2CO2)c(-c2ccccc2)c1. The Kier molecular flexibility index (Phi) is 8.60. The fourth-order valence-corrected chi connectivity index (χ4v) is 6.59. The lowest BCUT2D eigenvalue weighted by molar-refractivity contribution is 0.114. The Bertz CT molecular complexity index is 1770. The van der Waals surface area contributed by atoms with Crippen LogP contribution in [0.15, 0.2) is 157 Å². The zero-order valence-electron chi connectivity index (χ0n) is 25.9. The maximum atomic E-state index is 5.88. The Morgan fingerprint density at radius 2 is 1.33 bits per heavy atom. The molecule has 1 aliphatic carbocycles. The van der Waals surface area contributed by atoms with Crippen LogP contribution in [0.4, 0.5) is 0 Å². The van der Waals surface area contributed by atoms with Gasteiger partial charge in [-0.2, -0.15) is 0 Å². The zero-order chi connectivity index (χ0) is 30.5. The Morgan fingerprint density at radius 1 is 0.711 bits per heavy atom. The molecule has 3 atom stereocenters. The summed E-state index contributed by atoms with van der Waals surface area (Å²) >= 11 is 0. The molecule has 1 saturated heterocycles. The van der Waals surface area contributed by atoms with Crippen molar-refractivity contribution in [3.05, 3.63) is 180 Å². The van der Waals surface area contributed by atoms with Crippen LogP contribution in [0.1, 0.15) is 41.5 Å². The standard InChI is InChI=1S/C43H40O2/c1-43(39-26-22-37(28-39)33-14-7-3-8-15-33,38-23-19-34(20-24-38)32-12-5-2-6-13-32)40-25-21-36(18-11-27-44-30-41-31-45-41)42(29-40)35-16-9-4-10-17-35/h2-10,12-17,19-26,28-29,37,41H,11,18,27,30-31H2,1H3. The van der Waals surface area contributed by atoms with Crippen molar-refractivity contribution < 1.29 is 9.47 Å². The summed E-state index contributed by atoms with van der Waals surface area (Å²) in [5.41, 5.74) is 11.3. The molecule has 1 aliphatic heterocycles. The molecular weight excluding hydrogens is 548 g/mol. The highest BCUT2D eigenvalue weighted by Crippen LogP contribution is 2.45. The van der Waals surface area contributed by atoms with Gasteiger partial charge in [-0.3, -0.25) is 0 Å². The van der Waals surface area contributed by atoms with Crippen LogP contribution in [0.5, 0.6) is 0 Å². The van der Waals surface area contributed by atoms with E-state index in [4.69, 9.17) is 9.47 Å². The predicted octanol–water partition coefficient (Wildman–Crippen LogP) is 9.95. The monoisotopic (exact) mass is 588 g/mol. The van der Waals surface area contributed by atoms with E-state index >= 15 is 0 Å². The molecule has 0 bridgehead atoms. The van der Waals surface area contributed by atoms with Crippen LogP contribution in [-0.2, 0) is 21.3 Å². The van der Waals surface area contributed by atoms with Crippen molar-refractivity contribution >= 4 is 0 Å². The molecule has 5 aromatic carbocycles. The fourth-order valence-electron chi connectivity index (χ4n) is 6.59. The quantitative estimate of drug-likeness (QED) is 0.107. The second-order valence-electron chi connectivity index (χ2n) is 12.4. The van der Waals surface area contributed by atoms with E-state index in [0.717, 1.165) is 26.1 Å². The minimum atomic E-state index is -0.343. The van der Waals surface area contributed by atoms with Crippen molar-refractivity contribution in [1.82, 2.24) is 0 Å². The first kappa shape index (κ1) is 29.2. The van der Waals surface area contributed by atoms with E-state index in [1.807, 2.05) is 0 Å². The Balaban J connectivity index is 1.28. The first-order valence-corrected chi connectivity index (χ1v) is 16.2. The van der Waals surface area contributed by atoms with Gasteiger partial charge in [-0.25, -0.2) is 0 Å². The van der Waals surface area contributed by atoms with Gasteiger partial charge in [0, 0.05) is 17.9 Å². The molecule has 2 heteroatoms. The molecule has 7 rings (SSSR count). The molecule has 5 aromatic rings. The second-order valence-corrected chi connectivity index (χ2v) is 12.4. The minimum absolute atomic E-state index is 0.262. The third kappa shape index (κ3) is 6.49. The maximum absolute atomic E-state index is 5.88. The van der Waals surface area contributed by atoms with Crippen LogP contribution in [0.25, 0.3) is 22.3 Å². The van der Waals surface area contributed by atoms with Crippen LogP contribution in [0, 0.1) is 0 Å². The maximum Gasteiger partial charge on any atom is 0.104 e. The van der Waals surface area contributed by atoms with Crippen LogP contribution < -0.4 is 0 Å². The van der Waals surface area contributed by atoms with Gasteiger partial charge in [0.1, 0.15) is 6.10 Å². The Labute approximate surface area is 267 Å². The van der Waals surface area contributed by atoms with E-state index in [1.54, 1.807) is 0 Å². The number of hydrogen-bond donors (Lipinski definition) is 0. The molecule has 0 spiro atoms. The van der Waals surface area contributed by atoms with E-state index in [-0.39, 0.29) is 11.3 Å². The van der Waals surface area contributed by atoms with Crippen molar-refractivity contribution in [3.8, 4) is 22.3 Å². The molecule has 3 unspecified atom stereocenters. The van der Waals surface area contributed by atoms with Crippen LogP contribution in [-0.4, -0.2) is 25.9 Å². The average Bonchev–Trinajstić information content (AvgIpc) is 3.81. The Morgan fingerprint density at radius 3 is 2.02 bits per heavy atom. The van der Waals surface area contributed by atoms with Gasteiger partial charge in [0.05, 0.1) is 13.2 Å². The van der Waals surface area contributed by atoms with Gasteiger partial charge in [0.2, 0.25) is 0 Å². The summed E-state index contributed by atoms with van der Waals surface area (Å²) < 4.78 is 11.2. The summed E-state index contributed by atoms with van der Waals surface area (Å²) in [6.07, 6.45) is 9.41. The first-order chi connectivity index (χ1) is 22.2. The van der Waals surface area contributed by atoms with E-state index in [9.17, 15) is 0 Å². The van der Waals surface area contributed by atoms with Crippen molar-refractivity contribution in [2.45, 2.75) is 37.2 Å². The molecule has 1 fully saturated rings. The van der Waals surface area contributed by atoms with Crippen molar-refractivity contribution in [3.63, 3.8) is 0 Å².